The van der Waals surface area contributed by atoms with E-state index in [0.717, 1.165) is 31.4 Å². The molecule has 1 aromatic rings. The fourth-order valence-corrected chi connectivity index (χ4v) is 4.52. The third kappa shape index (κ3) is 13.8. The molecule has 0 aliphatic heterocycles. The maximum atomic E-state index is 13.5. The van der Waals surface area contributed by atoms with Crippen LogP contribution in [0.15, 0.2) is 18.2 Å². The van der Waals surface area contributed by atoms with E-state index < -0.39 is 21.7 Å². The minimum Gasteiger partial charge on any atom is -0.212 e. The van der Waals surface area contributed by atoms with Gasteiger partial charge in [-0.15, -0.1) is 0 Å². The molecule has 0 saturated heterocycles. The Kier molecular flexibility index (Phi) is 14.2. The first kappa shape index (κ1) is 26.0. The van der Waals surface area contributed by atoms with Crippen LogP contribution in [0.5, 0.6) is 0 Å². The van der Waals surface area contributed by atoms with Crippen LogP contribution >= 0.6 is 0 Å². The first-order valence-electron chi connectivity index (χ1n) is 11.4. The van der Waals surface area contributed by atoms with E-state index in [1.54, 1.807) is 0 Å². The molecular formula is C23H39F2NO2S. The van der Waals surface area contributed by atoms with Gasteiger partial charge in [0.15, 0.2) is 0 Å². The maximum Gasteiger partial charge on any atom is 0.211 e. The fraction of sp³-hybridized carbons (Fsp3) is 0.739. The lowest BCUT2D eigenvalue weighted by molar-refractivity contribution is 0.536. The van der Waals surface area contributed by atoms with Crippen LogP contribution in [0.2, 0.25) is 0 Å². The molecule has 6 heteroatoms. The normalized spacial score (nSPS) is 11.8. The predicted octanol–water partition coefficient (Wildman–Crippen LogP) is 6.87. The molecule has 0 aliphatic carbocycles. The van der Waals surface area contributed by atoms with Crippen molar-refractivity contribution >= 4 is 10.0 Å². The average Bonchev–Trinajstić information content (AvgIpc) is 2.67. The van der Waals surface area contributed by atoms with Crippen LogP contribution < -0.4 is 4.72 Å². The molecule has 0 radical (unpaired) electrons. The Bertz CT molecular complexity index is 650. The molecule has 0 fully saturated rings. The van der Waals surface area contributed by atoms with Gasteiger partial charge in [-0.1, -0.05) is 96.5 Å². The van der Waals surface area contributed by atoms with Gasteiger partial charge < -0.3 is 0 Å². The summed E-state index contributed by atoms with van der Waals surface area (Å²) in [6, 6.07) is 3.15. The van der Waals surface area contributed by atoms with Gasteiger partial charge in [-0.05, 0) is 12.5 Å². The molecule has 1 N–H and O–H groups in total. The van der Waals surface area contributed by atoms with Gasteiger partial charge in [0.25, 0.3) is 0 Å². The second-order valence-corrected chi connectivity index (χ2v) is 9.90. The molecule has 0 bridgehead atoms. The molecule has 1 rings (SSSR count). The Morgan fingerprint density at radius 3 is 1.72 bits per heavy atom. The zero-order valence-corrected chi connectivity index (χ0v) is 18.8. The van der Waals surface area contributed by atoms with E-state index >= 15 is 0 Å². The lowest BCUT2D eigenvalue weighted by Crippen LogP contribution is -2.26. The van der Waals surface area contributed by atoms with Crippen LogP contribution in [0.1, 0.15) is 102 Å². The summed E-state index contributed by atoms with van der Waals surface area (Å²) in [5, 5.41) is 0. The summed E-state index contributed by atoms with van der Waals surface area (Å²) in [6.07, 6.45) is 17.0. The van der Waals surface area contributed by atoms with Crippen LogP contribution in [0.4, 0.5) is 8.78 Å². The molecule has 168 valence electrons. The Morgan fingerprint density at radius 1 is 0.759 bits per heavy atom. The molecule has 0 amide bonds. The monoisotopic (exact) mass is 431 g/mol. The van der Waals surface area contributed by atoms with E-state index in [2.05, 4.69) is 11.6 Å². The van der Waals surface area contributed by atoms with E-state index in [9.17, 15) is 17.2 Å². The SMILES string of the molecule is CCCCCCCCCCCCCCCCS(=O)(=O)NCc1ccc(F)cc1F. The van der Waals surface area contributed by atoms with Crippen molar-refractivity contribution in [3.63, 3.8) is 0 Å². The number of halogens is 2. The standard InChI is InChI=1S/C23H39F2NO2S/c1-2-3-4-5-6-7-8-9-10-11-12-13-14-15-18-29(27,28)26-20-21-16-17-22(24)19-23(21)25/h16-17,19,26H,2-15,18,20H2,1H3. The number of hydrogen-bond acceptors (Lipinski definition) is 2. The molecule has 0 unspecified atom stereocenters. The van der Waals surface area contributed by atoms with E-state index in [4.69, 9.17) is 0 Å². The zero-order valence-electron chi connectivity index (χ0n) is 18.0. The summed E-state index contributed by atoms with van der Waals surface area (Å²) < 4.78 is 52.8. The second-order valence-electron chi connectivity index (χ2n) is 7.97. The fourth-order valence-electron chi connectivity index (χ4n) is 3.41. The van der Waals surface area contributed by atoms with Crippen molar-refractivity contribution in [2.45, 2.75) is 103 Å². The lowest BCUT2D eigenvalue weighted by atomic mass is 10.0. The Morgan fingerprint density at radius 2 is 1.24 bits per heavy atom. The molecule has 1 aromatic carbocycles. The Balaban J connectivity index is 1.97. The molecule has 3 nitrogen and oxygen atoms in total. The molecule has 0 aromatic heterocycles. The van der Waals surface area contributed by atoms with Gasteiger partial charge >= 0.3 is 0 Å². The van der Waals surface area contributed by atoms with Gasteiger partial charge in [0, 0.05) is 18.2 Å². The Hall–Kier alpha value is -1.01. The minimum atomic E-state index is -3.43. The van der Waals surface area contributed by atoms with Crippen molar-refractivity contribution in [3.8, 4) is 0 Å². The lowest BCUT2D eigenvalue weighted by Gasteiger charge is -2.08. The second kappa shape index (κ2) is 15.8. The summed E-state index contributed by atoms with van der Waals surface area (Å²) in [4.78, 5) is 0. The molecular weight excluding hydrogens is 392 g/mol. The van der Waals surface area contributed by atoms with Gasteiger partial charge in [0.1, 0.15) is 11.6 Å². The van der Waals surface area contributed by atoms with Crippen molar-refractivity contribution < 1.29 is 17.2 Å². The van der Waals surface area contributed by atoms with E-state index in [1.807, 2.05) is 0 Å². The summed E-state index contributed by atoms with van der Waals surface area (Å²) in [6.45, 7) is 2.10. The van der Waals surface area contributed by atoms with Crippen molar-refractivity contribution in [1.82, 2.24) is 4.72 Å². The largest absolute Gasteiger partial charge is 0.212 e. The number of benzene rings is 1. The molecule has 0 heterocycles. The van der Waals surface area contributed by atoms with Crippen LogP contribution in [0.25, 0.3) is 0 Å². The number of sulfonamides is 1. The smallest absolute Gasteiger partial charge is 0.211 e. The minimum absolute atomic E-state index is 0.0494. The van der Waals surface area contributed by atoms with Crippen LogP contribution in [-0.2, 0) is 16.6 Å². The summed E-state index contributed by atoms with van der Waals surface area (Å²) in [5.41, 5.74) is 0.149. The van der Waals surface area contributed by atoms with Gasteiger partial charge in [-0.2, -0.15) is 0 Å². The quantitative estimate of drug-likeness (QED) is 0.258. The van der Waals surface area contributed by atoms with E-state index in [0.29, 0.717) is 6.42 Å². The molecule has 0 spiro atoms. The van der Waals surface area contributed by atoms with Crippen molar-refractivity contribution in [1.29, 1.82) is 0 Å². The number of nitrogens with one attached hydrogen (secondary N) is 1. The van der Waals surface area contributed by atoms with Crippen molar-refractivity contribution in [2.24, 2.45) is 0 Å². The highest BCUT2D eigenvalue weighted by Crippen LogP contribution is 2.13. The average molecular weight is 432 g/mol. The zero-order chi connectivity index (χ0) is 21.4. The maximum absolute atomic E-state index is 13.5. The van der Waals surface area contributed by atoms with Gasteiger partial charge in [0.2, 0.25) is 10.0 Å². The van der Waals surface area contributed by atoms with Crippen molar-refractivity contribution in [2.75, 3.05) is 5.75 Å². The number of unbranched alkanes of at least 4 members (excludes halogenated alkanes) is 13. The molecule has 0 aliphatic rings. The van der Waals surface area contributed by atoms with Gasteiger partial charge in [-0.25, -0.2) is 21.9 Å². The first-order valence-corrected chi connectivity index (χ1v) is 13.0. The molecule has 0 saturated carbocycles. The summed E-state index contributed by atoms with van der Waals surface area (Å²) >= 11 is 0. The molecule has 0 atom stereocenters. The predicted molar refractivity (Wildman–Crippen MR) is 117 cm³/mol. The van der Waals surface area contributed by atoms with E-state index in [-0.39, 0.29) is 17.9 Å². The first-order chi connectivity index (χ1) is 13.9. The number of hydrogen-bond donors (Lipinski definition) is 1. The third-order valence-electron chi connectivity index (χ3n) is 5.26. The highest BCUT2D eigenvalue weighted by Gasteiger charge is 2.11. The third-order valence-corrected chi connectivity index (χ3v) is 6.67. The van der Waals surface area contributed by atoms with Crippen LogP contribution in [-0.4, -0.2) is 14.2 Å². The summed E-state index contributed by atoms with van der Waals surface area (Å²) in [5.74, 6) is -1.35. The van der Waals surface area contributed by atoms with E-state index in [1.165, 1.54) is 70.3 Å². The molecule has 29 heavy (non-hydrogen) atoms. The highest BCUT2D eigenvalue weighted by molar-refractivity contribution is 7.89. The van der Waals surface area contributed by atoms with Gasteiger partial charge in [0.05, 0.1) is 5.75 Å². The van der Waals surface area contributed by atoms with Crippen LogP contribution in [0, 0.1) is 11.6 Å². The van der Waals surface area contributed by atoms with Crippen LogP contribution in [0.3, 0.4) is 0 Å². The highest BCUT2D eigenvalue weighted by atomic mass is 32.2. The topological polar surface area (TPSA) is 46.2 Å². The number of rotatable bonds is 18. The Labute approximate surface area is 176 Å². The summed E-state index contributed by atoms with van der Waals surface area (Å²) in [7, 11) is -3.43. The van der Waals surface area contributed by atoms with Crippen molar-refractivity contribution in [3.05, 3.63) is 35.4 Å². The van der Waals surface area contributed by atoms with Gasteiger partial charge in [-0.3, -0.25) is 0 Å².